The number of nitrogens with zero attached hydrogens (tertiary/aromatic N) is 1. The number of benzene rings is 2. The number of nitrogens with one attached hydrogen (secondary N) is 2. The van der Waals surface area contributed by atoms with Gasteiger partial charge in [0.2, 0.25) is 10.0 Å². The fraction of sp³-hybridized carbons (Fsp3) is 0.143. The lowest BCUT2D eigenvalue weighted by atomic mass is 10.1. The van der Waals surface area contributed by atoms with Crippen LogP contribution in [0.5, 0.6) is 5.75 Å². The Balaban J connectivity index is 1.84. The van der Waals surface area contributed by atoms with Crippen molar-refractivity contribution in [2.75, 3.05) is 12.4 Å². The average Bonchev–Trinajstić information content (AvgIpc) is 2.73. The first-order valence-electron chi connectivity index (χ1n) is 8.85. The van der Waals surface area contributed by atoms with Crippen molar-refractivity contribution in [3.05, 3.63) is 83.7 Å². The van der Waals surface area contributed by atoms with Crippen molar-refractivity contribution in [1.82, 2.24) is 9.71 Å². The summed E-state index contributed by atoms with van der Waals surface area (Å²) in [6.45, 7) is 1.88. The molecule has 0 saturated heterocycles. The van der Waals surface area contributed by atoms with Crippen molar-refractivity contribution in [3.63, 3.8) is 0 Å². The maximum Gasteiger partial charge on any atom is 0.256 e. The Bertz CT molecular complexity index is 1120. The molecule has 3 rings (SSSR count). The summed E-state index contributed by atoms with van der Waals surface area (Å²) >= 11 is 0. The van der Waals surface area contributed by atoms with Gasteiger partial charge < -0.3 is 10.1 Å². The third kappa shape index (κ3) is 4.98. The van der Waals surface area contributed by atoms with Crippen LogP contribution in [0.3, 0.4) is 0 Å². The fourth-order valence-electron chi connectivity index (χ4n) is 2.72. The van der Waals surface area contributed by atoms with Crippen molar-refractivity contribution < 1.29 is 17.9 Å². The van der Waals surface area contributed by atoms with Crippen LogP contribution in [0, 0.1) is 6.92 Å². The van der Waals surface area contributed by atoms with Gasteiger partial charge >= 0.3 is 0 Å². The number of aromatic nitrogens is 1. The minimum Gasteiger partial charge on any atom is -0.495 e. The van der Waals surface area contributed by atoms with Crippen LogP contribution in [0.1, 0.15) is 21.6 Å². The van der Waals surface area contributed by atoms with E-state index in [4.69, 9.17) is 4.74 Å². The van der Waals surface area contributed by atoms with E-state index in [1.54, 1.807) is 36.5 Å². The Morgan fingerprint density at radius 1 is 1.07 bits per heavy atom. The molecule has 0 aliphatic carbocycles. The molecule has 8 heteroatoms. The van der Waals surface area contributed by atoms with Crippen molar-refractivity contribution in [2.45, 2.75) is 18.4 Å². The highest BCUT2D eigenvalue weighted by atomic mass is 32.2. The van der Waals surface area contributed by atoms with Crippen LogP contribution in [0.15, 0.2) is 71.8 Å². The number of sulfonamides is 1. The number of ether oxygens (including phenoxy) is 1. The van der Waals surface area contributed by atoms with Crippen LogP contribution < -0.4 is 14.8 Å². The summed E-state index contributed by atoms with van der Waals surface area (Å²) < 4.78 is 33.1. The van der Waals surface area contributed by atoms with Crippen molar-refractivity contribution in [2.24, 2.45) is 0 Å². The van der Waals surface area contributed by atoms with E-state index >= 15 is 0 Å². The SMILES string of the molecule is COc1ccc(S(=O)(=O)NCc2ccccn2)cc1NC(=O)c1ccccc1C. The highest BCUT2D eigenvalue weighted by Gasteiger charge is 2.18. The van der Waals surface area contributed by atoms with Gasteiger partial charge in [-0.25, -0.2) is 13.1 Å². The average molecular weight is 411 g/mol. The zero-order chi connectivity index (χ0) is 20.9. The maximum atomic E-state index is 12.7. The Morgan fingerprint density at radius 3 is 2.52 bits per heavy atom. The van der Waals surface area contributed by atoms with Gasteiger partial charge in [0.05, 0.1) is 29.9 Å². The molecule has 0 aliphatic heterocycles. The number of aryl methyl sites for hydroxylation is 1. The fourth-order valence-corrected chi connectivity index (χ4v) is 3.75. The zero-order valence-electron chi connectivity index (χ0n) is 16.0. The largest absolute Gasteiger partial charge is 0.495 e. The lowest BCUT2D eigenvalue weighted by Crippen LogP contribution is -2.24. The van der Waals surface area contributed by atoms with E-state index in [0.29, 0.717) is 17.0 Å². The van der Waals surface area contributed by atoms with E-state index in [1.165, 1.54) is 25.3 Å². The molecular formula is C21H21N3O4S. The summed E-state index contributed by atoms with van der Waals surface area (Å²) in [5.41, 5.74) is 2.17. The third-order valence-corrected chi connectivity index (χ3v) is 5.69. The van der Waals surface area contributed by atoms with E-state index in [1.807, 2.05) is 19.1 Å². The van der Waals surface area contributed by atoms with Gasteiger partial charge in [0.15, 0.2) is 0 Å². The van der Waals surface area contributed by atoms with Crippen LogP contribution in [0.2, 0.25) is 0 Å². The van der Waals surface area contributed by atoms with Crippen molar-refractivity contribution in [3.8, 4) is 5.75 Å². The zero-order valence-corrected chi connectivity index (χ0v) is 16.9. The minimum atomic E-state index is -3.81. The molecule has 0 aliphatic rings. The molecule has 29 heavy (non-hydrogen) atoms. The molecule has 0 unspecified atom stereocenters. The van der Waals surface area contributed by atoms with E-state index < -0.39 is 10.0 Å². The van der Waals surface area contributed by atoms with Gasteiger partial charge in [-0.2, -0.15) is 0 Å². The second-order valence-corrected chi connectivity index (χ2v) is 8.04. The molecule has 0 saturated carbocycles. The normalized spacial score (nSPS) is 11.1. The Hall–Kier alpha value is -3.23. The number of hydrogen-bond acceptors (Lipinski definition) is 5. The summed E-state index contributed by atoms with van der Waals surface area (Å²) in [6, 6.07) is 16.7. The molecule has 150 valence electrons. The molecule has 1 aromatic heterocycles. The smallest absolute Gasteiger partial charge is 0.256 e. The quantitative estimate of drug-likeness (QED) is 0.623. The number of hydrogen-bond donors (Lipinski definition) is 2. The van der Waals surface area contributed by atoms with Crippen LogP contribution >= 0.6 is 0 Å². The maximum absolute atomic E-state index is 12.7. The number of carbonyl (C=O) groups is 1. The first kappa shape index (κ1) is 20.5. The highest BCUT2D eigenvalue weighted by molar-refractivity contribution is 7.89. The van der Waals surface area contributed by atoms with Gasteiger partial charge in [-0.1, -0.05) is 24.3 Å². The van der Waals surface area contributed by atoms with Gasteiger partial charge in [-0.3, -0.25) is 9.78 Å². The summed E-state index contributed by atoms with van der Waals surface area (Å²) in [4.78, 5) is 16.7. The molecule has 0 radical (unpaired) electrons. The van der Waals surface area contributed by atoms with Crippen LogP contribution in [0.25, 0.3) is 0 Å². The molecule has 7 nitrogen and oxygen atoms in total. The second-order valence-electron chi connectivity index (χ2n) is 6.28. The molecule has 0 atom stereocenters. The first-order valence-corrected chi connectivity index (χ1v) is 10.3. The van der Waals surface area contributed by atoms with E-state index in [2.05, 4.69) is 15.0 Å². The molecule has 2 aromatic carbocycles. The monoisotopic (exact) mass is 411 g/mol. The van der Waals surface area contributed by atoms with Gasteiger partial charge in [-0.15, -0.1) is 0 Å². The Morgan fingerprint density at radius 2 is 1.83 bits per heavy atom. The molecule has 2 N–H and O–H groups in total. The topological polar surface area (TPSA) is 97.4 Å². The lowest BCUT2D eigenvalue weighted by molar-refractivity contribution is 0.102. The first-order chi connectivity index (χ1) is 13.9. The van der Waals surface area contributed by atoms with E-state index in [9.17, 15) is 13.2 Å². The van der Waals surface area contributed by atoms with Gasteiger partial charge in [0.1, 0.15) is 5.75 Å². The van der Waals surface area contributed by atoms with E-state index in [0.717, 1.165) is 5.56 Å². The van der Waals surface area contributed by atoms with Gasteiger partial charge in [0, 0.05) is 11.8 Å². The number of anilines is 1. The number of amides is 1. The number of rotatable bonds is 7. The molecule has 0 spiro atoms. The summed E-state index contributed by atoms with van der Waals surface area (Å²) in [5, 5.41) is 2.74. The van der Waals surface area contributed by atoms with Crippen molar-refractivity contribution in [1.29, 1.82) is 0 Å². The number of methoxy groups -OCH3 is 1. The molecule has 3 aromatic rings. The summed E-state index contributed by atoms with van der Waals surface area (Å²) in [7, 11) is -2.36. The van der Waals surface area contributed by atoms with Gasteiger partial charge in [0.25, 0.3) is 5.91 Å². The Labute approximate surface area is 169 Å². The minimum absolute atomic E-state index is 0.00862. The van der Waals surface area contributed by atoms with E-state index in [-0.39, 0.29) is 23.0 Å². The molecule has 0 bridgehead atoms. The summed E-state index contributed by atoms with van der Waals surface area (Å²) in [6.07, 6.45) is 1.59. The standard InChI is InChI=1S/C21H21N3O4S/c1-15-7-3-4-9-18(15)21(25)24-19-13-17(10-11-20(19)28-2)29(26,27)23-14-16-8-5-6-12-22-16/h3-13,23H,14H2,1-2H3,(H,24,25). The second kappa shape index (κ2) is 8.85. The van der Waals surface area contributed by atoms with Gasteiger partial charge in [-0.05, 0) is 48.9 Å². The van der Waals surface area contributed by atoms with Crippen LogP contribution in [-0.4, -0.2) is 26.4 Å². The molecule has 1 amide bonds. The predicted molar refractivity (Wildman–Crippen MR) is 110 cm³/mol. The molecular weight excluding hydrogens is 390 g/mol. The predicted octanol–water partition coefficient (Wildman–Crippen LogP) is 3.13. The van der Waals surface area contributed by atoms with Crippen molar-refractivity contribution >= 4 is 21.6 Å². The number of pyridine rings is 1. The van der Waals surface area contributed by atoms with Crippen LogP contribution in [-0.2, 0) is 16.6 Å². The molecule has 0 fully saturated rings. The Kier molecular flexibility index (Phi) is 6.26. The lowest BCUT2D eigenvalue weighted by Gasteiger charge is -2.14. The van der Waals surface area contributed by atoms with Crippen LogP contribution in [0.4, 0.5) is 5.69 Å². The molecule has 1 heterocycles. The summed E-state index contributed by atoms with van der Waals surface area (Å²) in [5.74, 6) is 0.00741. The number of carbonyl (C=O) groups excluding carboxylic acids is 1. The third-order valence-electron chi connectivity index (χ3n) is 4.29. The highest BCUT2D eigenvalue weighted by Crippen LogP contribution is 2.28.